The molecule has 1 aliphatic heterocycles. The van der Waals surface area contributed by atoms with Crippen LogP contribution in [0.4, 0.5) is 0 Å². The number of carbonyl (C=O) groups excluding carboxylic acids is 1. The van der Waals surface area contributed by atoms with Gasteiger partial charge in [-0.2, -0.15) is 0 Å². The minimum Gasteiger partial charge on any atom is -0.369 e. The summed E-state index contributed by atoms with van der Waals surface area (Å²) >= 11 is 0. The topological polar surface area (TPSA) is 55.1 Å². The molecule has 0 aromatic heterocycles. The molecule has 0 aromatic carbocycles. The lowest BCUT2D eigenvalue weighted by molar-refractivity contribution is -0.121. The van der Waals surface area contributed by atoms with Crippen LogP contribution in [0, 0.1) is 11.8 Å². The molecular formula is C9H18N2O. The average Bonchev–Trinajstić information content (AvgIpc) is 2.06. The second kappa shape index (κ2) is 4.45. The summed E-state index contributed by atoms with van der Waals surface area (Å²) < 4.78 is 0. The Kier molecular flexibility index (Phi) is 3.53. The maximum atomic E-state index is 10.8. The second-order valence-corrected chi connectivity index (χ2v) is 3.75. The molecule has 2 atom stereocenters. The molecule has 1 rings (SSSR count). The summed E-state index contributed by atoms with van der Waals surface area (Å²) in [5.41, 5.74) is 5.19. The predicted molar refractivity (Wildman–Crippen MR) is 48.6 cm³/mol. The molecule has 0 aromatic rings. The van der Waals surface area contributed by atoms with Crippen molar-refractivity contribution in [2.75, 3.05) is 13.1 Å². The van der Waals surface area contributed by atoms with E-state index in [0.29, 0.717) is 5.92 Å². The lowest BCUT2D eigenvalue weighted by Gasteiger charge is -2.24. The molecule has 2 unspecified atom stereocenters. The number of hydrogen-bond acceptors (Lipinski definition) is 2. The Balaban J connectivity index is 2.24. The van der Waals surface area contributed by atoms with E-state index in [1.807, 2.05) is 6.92 Å². The zero-order valence-corrected chi connectivity index (χ0v) is 7.68. The number of hydrogen-bond donors (Lipinski definition) is 2. The molecule has 0 saturated carbocycles. The van der Waals surface area contributed by atoms with E-state index in [0.717, 1.165) is 19.5 Å². The average molecular weight is 170 g/mol. The van der Waals surface area contributed by atoms with E-state index in [1.54, 1.807) is 0 Å². The molecule has 1 heterocycles. The molecule has 3 nitrogen and oxygen atoms in total. The third-order valence-electron chi connectivity index (χ3n) is 2.57. The van der Waals surface area contributed by atoms with Crippen LogP contribution < -0.4 is 11.1 Å². The lowest BCUT2D eigenvalue weighted by Crippen LogP contribution is -2.32. The van der Waals surface area contributed by atoms with Crippen molar-refractivity contribution in [1.82, 2.24) is 5.32 Å². The Labute approximate surface area is 73.7 Å². The zero-order valence-electron chi connectivity index (χ0n) is 7.68. The Hall–Kier alpha value is -0.570. The fourth-order valence-electron chi connectivity index (χ4n) is 1.74. The number of piperidine rings is 1. The van der Waals surface area contributed by atoms with Crippen molar-refractivity contribution in [2.24, 2.45) is 17.6 Å². The van der Waals surface area contributed by atoms with Crippen LogP contribution >= 0.6 is 0 Å². The molecular weight excluding hydrogens is 152 g/mol. The summed E-state index contributed by atoms with van der Waals surface area (Å²) in [5.74, 6) is 0.525. The van der Waals surface area contributed by atoms with Crippen LogP contribution in [-0.2, 0) is 4.79 Å². The summed E-state index contributed by atoms with van der Waals surface area (Å²) in [6.07, 6.45) is 3.42. The van der Waals surface area contributed by atoms with E-state index in [4.69, 9.17) is 5.73 Å². The van der Waals surface area contributed by atoms with Gasteiger partial charge in [0.2, 0.25) is 5.91 Å². The Morgan fingerprint density at radius 2 is 2.50 bits per heavy atom. The minimum absolute atomic E-state index is 0.0369. The SMILES string of the molecule is CC(CC1CCCNC1)C(N)=O. The Morgan fingerprint density at radius 1 is 1.75 bits per heavy atom. The molecule has 0 bridgehead atoms. The summed E-state index contributed by atoms with van der Waals surface area (Å²) in [7, 11) is 0. The monoisotopic (exact) mass is 170 g/mol. The van der Waals surface area contributed by atoms with Gasteiger partial charge < -0.3 is 11.1 Å². The first-order valence-corrected chi connectivity index (χ1v) is 4.70. The standard InChI is InChI=1S/C9H18N2O/c1-7(9(10)12)5-8-3-2-4-11-6-8/h7-8,11H,2-6H2,1H3,(H2,10,12). The maximum Gasteiger partial charge on any atom is 0.220 e. The number of amides is 1. The van der Waals surface area contributed by atoms with Crippen molar-refractivity contribution >= 4 is 5.91 Å². The largest absolute Gasteiger partial charge is 0.369 e. The van der Waals surface area contributed by atoms with E-state index in [2.05, 4.69) is 5.32 Å². The second-order valence-electron chi connectivity index (χ2n) is 3.75. The summed E-state index contributed by atoms with van der Waals surface area (Å²) in [6, 6.07) is 0. The van der Waals surface area contributed by atoms with Crippen LogP contribution in [0.5, 0.6) is 0 Å². The molecule has 1 saturated heterocycles. The highest BCUT2D eigenvalue weighted by Crippen LogP contribution is 2.18. The molecule has 1 aliphatic rings. The van der Waals surface area contributed by atoms with Gasteiger partial charge in [0.25, 0.3) is 0 Å². The van der Waals surface area contributed by atoms with Gasteiger partial charge >= 0.3 is 0 Å². The highest BCUT2D eigenvalue weighted by Gasteiger charge is 2.18. The molecule has 70 valence electrons. The number of rotatable bonds is 3. The molecule has 12 heavy (non-hydrogen) atoms. The van der Waals surface area contributed by atoms with Crippen molar-refractivity contribution in [3.05, 3.63) is 0 Å². The predicted octanol–water partition coefficient (Wildman–Crippen LogP) is 0.497. The fraction of sp³-hybridized carbons (Fsp3) is 0.889. The molecule has 0 radical (unpaired) electrons. The van der Waals surface area contributed by atoms with Crippen LogP contribution in [0.15, 0.2) is 0 Å². The van der Waals surface area contributed by atoms with Gasteiger partial charge in [-0.3, -0.25) is 4.79 Å². The molecule has 0 aliphatic carbocycles. The van der Waals surface area contributed by atoms with Gasteiger partial charge in [0.15, 0.2) is 0 Å². The van der Waals surface area contributed by atoms with Crippen molar-refractivity contribution in [2.45, 2.75) is 26.2 Å². The van der Waals surface area contributed by atoms with Gasteiger partial charge in [-0.15, -0.1) is 0 Å². The van der Waals surface area contributed by atoms with E-state index in [-0.39, 0.29) is 11.8 Å². The highest BCUT2D eigenvalue weighted by atomic mass is 16.1. The molecule has 1 fully saturated rings. The van der Waals surface area contributed by atoms with Gasteiger partial charge in [-0.25, -0.2) is 0 Å². The molecule has 3 heteroatoms. The van der Waals surface area contributed by atoms with Gasteiger partial charge in [-0.1, -0.05) is 6.92 Å². The first-order valence-electron chi connectivity index (χ1n) is 4.70. The quantitative estimate of drug-likeness (QED) is 0.648. The van der Waals surface area contributed by atoms with Crippen LogP contribution in [0.25, 0.3) is 0 Å². The number of carbonyl (C=O) groups is 1. The van der Waals surface area contributed by atoms with E-state index >= 15 is 0 Å². The minimum atomic E-state index is -0.166. The zero-order chi connectivity index (χ0) is 8.97. The van der Waals surface area contributed by atoms with Crippen molar-refractivity contribution in [3.8, 4) is 0 Å². The lowest BCUT2D eigenvalue weighted by atomic mass is 9.89. The van der Waals surface area contributed by atoms with Crippen LogP contribution in [0.3, 0.4) is 0 Å². The highest BCUT2D eigenvalue weighted by molar-refractivity contribution is 5.76. The first kappa shape index (κ1) is 9.52. The molecule has 0 spiro atoms. The van der Waals surface area contributed by atoms with E-state index < -0.39 is 0 Å². The fourth-order valence-corrected chi connectivity index (χ4v) is 1.74. The Bertz CT molecular complexity index is 153. The number of primary amides is 1. The van der Waals surface area contributed by atoms with Crippen molar-refractivity contribution in [3.63, 3.8) is 0 Å². The maximum absolute atomic E-state index is 10.8. The number of nitrogens with two attached hydrogens (primary N) is 1. The summed E-state index contributed by atoms with van der Waals surface area (Å²) in [4.78, 5) is 10.8. The third-order valence-corrected chi connectivity index (χ3v) is 2.57. The molecule has 3 N–H and O–H groups in total. The van der Waals surface area contributed by atoms with Gasteiger partial charge in [0.05, 0.1) is 0 Å². The molecule has 1 amide bonds. The van der Waals surface area contributed by atoms with Crippen LogP contribution in [-0.4, -0.2) is 19.0 Å². The van der Waals surface area contributed by atoms with Crippen LogP contribution in [0.2, 0.25) is 0 Å². The summed E-state index contributed by atoms with van der Waals surface area (Å²) in [5, 5.41) is 3.33. The van der Waals surface area contributed by atoms with E-state index in [1.165, 1.54) is 12.8 Å². The third kappa shape index (κ3) is 2.81. The van der Waals surface area contributed by atoms with Crippen molar-refractivity contribution < 1.29 is 4.79 Å². The van der Waals surface area contributed by atoms with Gasteiger partial charge in [0.1, 0.15) is 0 Å². The Morgan fingerprint density at radius 3 is 3.00 bits per heavy atom. The van der Waals surface area contributed by atoms with E-state index in [9.17, 15) is 4.79 Å². The number of nitrogens with one attached hydrogen (secondary N) is 1. The normalized spacial score (nSPS) is 26.6. The summed E-state index contributed by atoms with van der Waals surface area (Å²) in [6.45, 7) is 4.09. The van der Waals surface area contributed by atoms with Crippen molar-refractivity contribution in [1.29, 1.82) is 0 Å². The van der Waals surface area contributed by atoms with Crippen LogP contribution in [0.1, 0.15) is 26.2 Å². The van der Waals surface area contributed by atoms with Gasteiger partial charge in [-0.05, 0) is 38.3 Å². The van der Waals surface area contributed by atoms with Gasteiger partial charge in [0, 0.05) is 5.92 Å². The first-order chi connectivity index (χ1) is 5.70. The smallest absolute Gasteiger partial charge is 0.220 e.